The highest BCUT2D eigenvalue weighted by Crippen LogP contribution is 2.17. The average Bonchev–Trinajstić information content (AvgIpc) is 2.63. The predicted octanol–water partition coefficient (Wildman–Crippen LogP) is 1.96. The lowest BCUT2D eigenvalue weighted by atomic mass is 10.0. The van der Waals surface area contributed by atoms with Crippen molar-refractivity contribution in [2.45, 2.75) is 20.8 Å². The molecule has 0 aliphatic heterocycles. The van der Waals surface area contributed by atoms with E-state index in [1.807, 2.05) is 20.8 Å². The molecule has 0 saturated carbocycles. The predicted molar refractivity (Wildman–Crippen MR) is 94.3 cm³/mol. The van der Waals surface area contributed by atoms with Crippen LogP contribution in [0.5, 0.6) is 0 Å². The maximum atomic E-state index is 12.7. The lowest BCUT2D eigenvalue weighted by Gasteiger charge is -2.21. The Morgan fingerprint density at radius 1 is 0.708 bits per heavy atom. The molecule has 0 saturated heterocycles. The second-order valence-electron chi connectivity index (χ2n) is 5.72. The molecule has 6 heteroatoms. The Labute approximate surface area is 144 Å². The molecule has 0 N–H and O–H groups in total. The van der Waals surface area contributed by atoms with Crippen molar-refractivity contribution in [2.75, 3.05) is 40.8 Å². The Morgan fingerprint density at radius 2 is 1.12 bits per heavy atom. The van der Waals surface area contributed by atoms with Crippen LogP contribution in [0.4, 0.5) is 0 Å². The van der Waals surface area contributed by atoms with Crippen LogP contribution in [0.25, 0.3) is 0 Å². The van der Waals surface area contributed by atoms with Gasteiger partial charge in [-0.1, -0.05) is 0 Å². The van der Waals surface area contributed by atoms with Gasteiger partial charge in [0, 0.05) is 46.3 Å². The van der Waals surface area contributed by atoms with E-state index < -0.39 is 0 Å². The Bertz CT molecular complexity index is 628. The number of hydrogen-bond donors (Lipinski definition) is 0. The zero-order valence-electron chi connectivity index (χ0n) is 15.4. The van der Waals surface area contributed by atoms with Gasteiger partial charge in [0.25, 0.3) is 17.7 Å². The summed E-state index contributed by atoms with van der Waals surface area (Å²) in [5, 5.41) is 0. The minimum absolute atomic E-state index is 0.173. The van der Waals surface area contributed by atoms with E-state index >= 15 is 0 Å². The average molecular weight is 333 g/mol. The first-order valence-corrected chi connectivity index (χ1v) is 8.18. The smallest absolute Gasteiger partial charge is 0.254 e. The third-order valence-electron chi connectivity index (χ3n) is 4.19. The molecular weight excluding hydrogens is 306 g/mol. The fraction of sp³-hybridized carbons (Fsp3) is 0.500. The molecule has 24 heavy (non-hydrogen) atoms. The fourth-order valence-corrected chi connectivity index (χ4v) is 2.10. The number of benzene rings is 1. The van der Waals surface area contributed by atoms with Gasteiger partial charge in [0.2, 0.25) is 0 Å². The molecule has 0 spiro atoms. The Balaban J connectivity index is 3.42. The van der Waals surface area contributed by atoms with Crippen LogP contribution in [0.2, 0.25) is 0 Å². The Morgan fingerprint density at radius 3 is 1.58 bits per heavy atom. The van der Waals surface area contributed by atoms with Crippen molar-refractivity contribution in [2.24, 2.45) is 0 Å². The summed E-state index contributed by atoms with van der Waals surface area (Å²) in [6.07, 6.45) is 0. The van der Waals surface area contributed by atoms with Crippen LogP contribution in [0.1, 0.15) is 51.8 Å². The summed E-state index contributed by atoms with van der Waals surface area (Å²) in [5.41, 5.74) is 0.989. The van der Waals surface area contributed by atoms with Gasteiger partial charge >= 0.3 is 0 Å². The highest BCUT2D eigenvalue weighted by molar-refractivity contribution is 6.09. The molecule has 0 atom stereocenters. The van der Waals surface area contributed by atoms with Crippen LogP contribution in [0.3, 0.4) is 0 Å². The maximum absolute atomic E-state index is 12.7. The fourth-order valence-electron chi connectivity index (χ4n) is 2.10. The molecule has 0 radical (unpaired) electrons. The first kappa shape index (κ1) is 19.7. The van der Waals surface area contributed by atoms with E-state index in [4.69, 9.17) is 0 Å². The molecule has 0 aliphatic rings. The standard InChI is InChI=1S/C18H27N3O3/c1-7-19(4)16(22)13-10-11-14(17(23)20(5)8-2)15(12-13)18(24)21(6)9-3/h10-12H,7-9H2,1-6H3. The van der Waals surface area contributed by atoms with Gasteiger partial charge in [-0.2, -0.15) is 0 Å². The molecule has 0 aliphatic carbocycles. The van der Waals surface area contributed by atoms with Gasteiger partial charge in [-0.05, 0) is 39.0 Å². The summed E-state index contributed by atoms with van der Waals surface area (Å²) in [6.45, 7) is 7.22. The van der Waals surface area contributed by atoms with Gasteiger partial charge < -0.3 is 14.7 Å². The van der Waals surface area contributed by atoms with Crippen LogP contribution in [0.15, 0.2) is 18.2 Å². The van der Waals surface area contributed by atoms with Crippen molar-refractivity contribution in [3.8, 4) is 0 Å². The number of nitrogens with zero attached hydrogens (tertiary/aromatic N) is 3. The normalized spacial score (nSPS) is 10.2. The summed E-state index contributed by atoms with van der Waals surface area (Å²) in [6, 6.07) is 4.70. The summed E-state index contributed by atoms with van der Waals surface area (Å²) >= 11 is 0. The van der Waals surface area contributed by atoms with Gasteiger partial charge in [0.05, 0.1) is 11.1 Å². The van der Waals surface area contributed by atoms with E-state index in [0.717, 1.165) is 0 Å². The van der Waals surface area contributed by atoms with E-state index in [1.165, 1.54) is 15.9 Å². The van der Waals surface area contributed by atoms with Crippen LogP contribution in [-0.4, -0.2) is 73.2 Å². The summed E-state index contributed by atoms with van der Waals surface area (Å²) in [4.78, 5) is 42.2. The molecule has 1 aromatic rings. The second-order valence-corrected chi connectivity index (χ2v) is 5.72. The minimum atomic E-state index is -0.265. The first-order valence-electron chi connectivity index (χ1n) is 8.18. The highest BCUT2D eigenvalue weighted by Gasteiger charge is 2.23. The van der Waals surface area contributed by atoms with Crippen molar-refractivity contribution in [3.05, 3.63) is 34.9 Å². The van der Waals surface area contributed by atoms with Crippen LogP contribution < -0.4 is 0 Å². The van der Waals surface area contributed by atoms with Crippen molar-refractivity contribution in [1.82, 2.24) is 14.7 Å². The van der Waals surface area contributed by atoms with Gasteiger partial charge in [0.15, 0.2) is 0 Å². The van der Waals surface area contributed by atoms with E-state index in [1.54, 1.807) is 38.2 Å². The van der Waals surface area contributed by atoms with Crippen molar-refractivity contribution in [3.63, 3.8) is 0 Å². The van der Waals surface area contributed by atoms with E-state index in [-0.39, 0.29) is 23.3 Å². The third kappa shape index (κ3) is 4.13. The zero-order chi connectivity index (χ0) is 18.4. The van der Waals surface area contributed by atoms with E-state index in [0.29, 0.717) is 30.8 Å². The summed E-state index contributed by atoms with van der Waals surface area (Å²) < 4.78 is 0. The molecule has 0 heterocycles. The molecule has 0 aromatic heterocycles. The summed E-state index contributed by atoms with van der Waals surface area (Å²) in [5.74, 6) is -0.666. The number of carbonyl (C=O) groups is 3. The second kappa shape index (κ2) is 8.47. The molecule has 6 nitrogen and oxygen atoms in total. The molecule has 1 aromatic carbocycles. The number of carbonyl (C=O) groups excluding carboxylic acids is 3. The molecule has 0 unspecified atom stereocenters. The van der Waals surface area contributed by atoms with Gasteiger partial charge in [-0.15, -0.1) is 0 Å². The third-order valence-corrected chi connectivity index (χ3v) is 4.19. The lowest BCUT2D eigenvalue weighted by Crippen LogP contribution is -2.33. The molecule has 0 fully saturated rings. The lowest BCUT2D eigenvalue weighted by molar-refractivity contribution is 0.0762. The van der Waals surface area contributed by atoms with Crippen molar-refractivity contribution >= 4 is 17.7 Å². The Hall–Kier alpha value is -2.37. The SMILES string of the molecule is CCN(C)C(=O)c1ccc(C(=O)N(C)CC)c(C(=O)N(C)CC)c1. The van der Waals surface area contributed by atoms with Crippen LogP contribution >= 0.6 is 0 Å². The molecule has 0 bridgehead atoms. The molecule has 3 amide bonds. The number of hydrogen-bond acceptors (Lipinski definition) is 3. The topological polar surface area (TPSA) is 60.9 Å². The quantitative estimate of drug-likeness (QED) is 0.799. The largest absolute Gasteiger partial charge is 0.342 e. The van der Waals surface area contributed by atoms with Gasteiger partial charge in [-0.25, -0.2) is 0 Å². The molecule has 1 rings (SSSR count). The highest BCUT2D eigenvalue weighted by atomic mass is 16.2. The molecular formula is C18H27N3O3. The first-order chi connectivity index (χ1) is 11.3. The van der Waals surface area contributed by atoms with Crippen molar-refractivity contribution in [1.29, 1.82) is 0 Å². The van der Waals surface area contributed by atoms with E-state index in [9.17, 15) is 14.4 Å². The number of amides is 3. The number of rotatable bonds is 6. The van der Waals surface area contributed by atoms with Crippen LogP contribution in [0, 0.1) is 0 Å². The maximum Gasteiger partial charge on any atom is 0.254 e. The minimum Gasteiger partial charge on any atom is -0.342 e. The zero-order valence-corrected chi connectivity index (χ0v) is 15.4. The van der Waals surface area contributed by atoms with Crippen LogP contribution in [-0.2, 0) is 0 Å². The Kier molecular flexibility index (Phi) is 6.95. The van der Waals surface area contributed by atoms with Gasteiger partial charge in [0.1, 0.15) is 0 Å². The molecule has 132 valence electrons. The van der Waals surface area contributed by atoms with Crippen molar-refractivity contribution < 1.29 is 14.4 Å². The summed E-state index contributed by atoms with van der Waals surface area (Å²) in [7, 11) is 5.06. The monoisotopic (exact) mass is 333 g/mol. The van der Waals surface area contributed by atoms with Gasteiger partial charge in [-0.3, -0.25) is 14.4 Å². The van der Waals surface area contributed by atoms with E-state index in [2.05, 4.69) is 0 Å².